The monoisotopic (exact) mass is 299 g/mol. The predicted molar refractivity (Wildman–Crippen MR) is 78.0 cm³/mol. The topological polar surface area (TPSA) is 67.2 Å². The number of hydrogen-bond acceptors (Lipinski definition) is 3. The van der Waals surface area contributed by atoms with Crippen molar-refractivity contribution in [2.45, 2.75) is 51.6 Å². The van der Waals surface area contributed by atoms with E-state index in [4.69, 9.17) is 11.6 Å². The number of nitrogens with zero attached hydrogens (tertiary/aromatic N) is 2. The fourth-order valence-corrected chi connectivity index (χ4v) is 3.44. The molecule has 2 rings (SSSR count). The molecule has 1 heterocycles. The molecule has 1 aromatic rings. The summed E-state index contributed by atoms with van der Waals surface area (Å²) in [4.78, 5) is 11.7. The summed E-state index contributed by atoms with van der Waals surface area (Å²) in [7, 11) is 0. The van der Waals surface area contributed by atoms with Crippen LogP contribution in [-0.2, 0) is 11.3 Å². The maximum absolute atomic E-state index is 11.7. The van der Waals surface area contributed by atoms with Gasteiger partial charge in [0.1, 0.15) is 5.54 Å². The predicted octanol–water partition coefficient (Wildman–Crippen LogP) is 2.47. The first kappa shape index (κ1) is 15.3. The molecule has 1 aromatic heterocycles. The Balaban J connectivity index is 2.07. The van der Waals surface area contributed by atoms with E-state index in [1.165, 1.54) is 0 Å². The SMILES string of the molecule is CCNC1(C(=O)O)CCCC1CCn1ncc(Cl)c1C. The molecule has 6 heteroatoms. The minimum Gasteiger partial charge on any atom is -0.480 e. The van der Waals surface area contributed by atoms with E-state index in [1.54, 1.807) is 6.20 Å². The molecule has 5 nitrogen and oxygen atoms in total. The summed E-state index contributed by atoms with van der Waals surface area (Å²) >= 11 is 5.99. The number of nitrogens with one attached hydrogen (secondary N) is 1. The highest BCUT2D eigenvalue weighted by molar-refractivity contribution is 6.31. The Labute approximate surface area is 124 Å². The van der Waals surface area contributed by atoms with Gasteiger partial charge >= 0.3 is 5.97 Å². The van der Waals surface area contributed by atoms with Gasteiger partial charge in [-0.25, -0.2) is 0 Å². The molecular weight excluding hydrogens is 278 g/mol. The molecular formula is C14H22ClN3O2. The van der Waals surface area contributed by atoms with E-state index in [0.29, 0.717) is 24.5 Å². The van der Waals surface area contributed by atoms with Gasteiger partial charge in [0.05, 0.1) is 16.9 Å². The fraction of sp³-hybridized carbons (Fsp3) is 0.714. The number of aryl methyl sites for hydroxylation is 1. The molecule has 112 valence electrons. The largest absolute Gasteiger partial charge is 0.480 e. The van der Waals surface area contributed by atoms with E-state index >= 15 is 0 Å². The van der Waals surface area contributed by atoms with Gasteiger partial charge in [0.25, 0.3) is 0 Å². The highest BCUT2D eigenvalue weighted by atomic mass is 35.5. The lowest BCUT2D eigenvalue weighted by Gasteiger charge is -2.32. The lowest BCUT2D eigenvalue weighted by molar-refractivity contribution is -0.146. The number of halogens is 1. The van der Waals surface area contributed by atoms with Crippen LogP contribution in [0.15, 0.2) is 6.20 Å². The number of rotatable bonds is 6. The van der Waals surface area contributed by atoms with Crippen molar-refractivity contribution in [1.82, 2.24) is 15.1 Å². The zero-order valence-corrected chi connectivity index (χ0v) is 12.8. The van der Waals surface area contributed by atoms with E-state index in [0.717, 1.165) is 25.0 Å². The second kappa shape index (κ2) is 6.14. The van der Waals surface area contributed by atoms with E-state index in [2.05, 4.69) is 10.4 Å². The summed E-state index contributed by atoms with van der Waals surface area (Å²) in [6, 6.07) is 0. The molecule has 0 spiro atoms. The summed E-state index contributed by atoms with van der Waals surface area (Å²) < 4.78 is 1.86. The molecule has 1 aliphatic rings. The fourth-order valence-electron chi connectivity index (χ4n) is 3.30. The Bertz CT molecular complexity index is 489. The van der Waals surface area contributed by atoms with Gasteiger partial charge in [-0.3, -0.25) is 9.48 Å². The van der Waals surface area contributed by atoms with Crippen molar-refractivity contribution in [3.05, 3.63) is 16.9 Å². The highest BCUT2D eigenvalue weighted by Crippen LogP contribution is 2.38. The van der Waals surface area contributed by atoms with Crippen LogP contribution < -0.4 is 5.32 Å². The van der Waals surface area contributed by atoms with Crippen LogP contribution in [0.3, 0.4) is 0 Å². The summed E-state index contributed by atoms with van der Waals surface area (Å²) in [5.74, 6) is -0.584. The van der Waals surface area contributed by atoms with Gasteiger partial charge in [-0.1, -0.05) is 24.9 Å². The number of aromatic nitrogens is 2. The number of hydrogen-bond donors (Lipinski definition) is 2. The van der Waals surface area contributed by atoms with Crippen LogP contribution >= 0.6 is 11.6 Å². The van der Waals surface area contributed by atoms with Crippen molar-refractivity contribution in [2.24, 2.45) is 5.92 Å². The zero-order chi connectivity index (χ0) is 14.8. The Hall–Kier alpha value is -1.07. The molecule has 0 aromatic carbocycles. The third kappa shape index (κ3) is 2.69. The van der Waals surface area contributed by atoms with E-state index < -0.39 is 11.5 Å². The van der Waals surface area contributed by atoms with Crippen molar-refractivity contribution >= 4 is 17.6 Å². The first-order valence-corrected chi connectivity index (χ1v) is 7.55. The van der Waals surface area contributed by atoms with E-state index in [1.807, 2.05) is 18.5 Å². The van der Waals surface area contributed by atoms with Crippen molar-refractivity contribution in [2.75, 3.05) is 6.54 Å². The first-order chi connectivity index (χ1) is 9.51. The van der Waals surface area contributed by atoms with Gasteiger partial charge in [0.15, 0.2) is 0 Å². The summed E-state index contributed by atoms with van der Waals surface area (Å²) in [5.41, 5.74) is 0.175. The molecule has 1 saturated carbocycles. The van der Waals surface area contributed by atoms with E-state index in [9.17, 15) is 9.90 Å². The van der Waals surface area contributed by atoms with Gasteiger partial charge in [-0.2, -0.15) is 5.10 Å². The summed E-state index contributed by atoms with van der Waals surface area (Å²) in [6.45, 7) is 5.27. The average molecular weight is 300 g/mol. The van der Waals surface area contributed by atoms with Crippen LogP contribution in [0.1, 0.15) is 38.3 Å². The van der Waals surface area contributed by atoms with Crippen LogP contribution in [0.5, 0.6) is 0 Å². The molecule has 2 unspecified atom stereocenters. The maximum atomic E-state index is 11.7. The molecule has 0 aliphatic heterocycles. The van der Waals surface area contributed by atoms with Crippen LogP contribution in [0.2, 0.25) is 5.02 Å². The third-order valence-electron chi connectivity index (χ3n) is 4.43. The zero-order valence-electron chi connectivity index (χ0n) is 12.0. The van der Waals surface area contributed by atoms with Gasteiger partial charge in [-0.05, 0) is 38.6 Å². The minimum absolute atomic E-state index is 0.141. The number of likely N-dealkylation sites (N-methyl/N-ethyl adjacent to an activating group) is 1. The lowest BCUT2D eigenvalue weighted by atomic mass is 9.84. The van der Waals surface area contributed by atoms with Crippen molar-refractivity contribution in [1.29, 1.82) is 0 Å². The second-order valence-corrected chi connectivity index (χ2v) is 5.89. The Kier molecular flexibility index (Phi) is 4.70. The Morgan fingerprint density at radius 1 is 1.70 bits per heavy atom. The molecule has 1 aliphatic carbocycles. The molecule has 0 saturated heterocycles. The van der Waals surface area contributed by atoms with Crippen LogP contribution in [0, 0.1) is 12.8 Å². The molecule has 20 heavy (non-hydrogen) atoms. The van der Waals surface area contributed by atoms with Crippen molar-refractivity contribution in [3.8, 4) is 0 Å². The second-order valence-electron chi connectivity index (χ2n) is 5.49. The molecule has 1 fully saturated rings. The number of aliphatic carboxylic acids is 1. The first-order valence-electron chi connectivity index (χ1n) is 7.17. The average Bonchev–Trinajstić information content (AvgIpc) is 2.95. The summed E-state index contributed by atoms with van der Waals surface area (Å²) in [5, 5.41) is 17.7. The maximum Gasteiger partial charge on any atom is 0.324 e. The van der Waals surface area contributed by atoms with Crippen molar-refractivity contribution in [3.63, 3.8) is 0 Å². The quantitative estimate of drug-likeness (QED) is 0.847. The van der Waals surface area contributed by atoms with Crippen LogP contribution in [0.25, 0.3) is 0 Å². The minimum atomic E-state index is -0.764. The lowest BCUT2D eigenvalue weighted by Crippen LogP contribution is -2.54. The smallest absolute Gasteiger partial charge is 0.324 e. The molecule has 0 radical (unpaired) electrons. The van der Waals surface area contributed by atoms with Gasteiger partial charge < -0.3 is 10.4 Å². The summed E-state index contributed by atoms with van der Waals surface area (Å²) in [6.07, 6.45) is 5.06. The molecule has 0 amide bonds. The number of carboxylic acid groups (broad SMARTS) is 1. The number of carbonyl (C=O) groups is 1. The number of carboxylic acids is 1. The molecule has 2 atom stereocenters. The molecule has 0 bridgehead atoms. The van der Waals surface area contributed by atoms with Gasteiger partial charge in [0.2, 0.25) is 0 Å². The standard InChI is InChI=1S/C14H22ClN3O2/c1-3-16-14(13(19)20)7-4-5-11(14)6-8-18-10(2)12(15)9-17-18/h9,11,16H,3-8H2,1-2H3,(H,19,20). The Morgan fingerprint density at radius 3 is 3.00 bits per heavy atom. The molecule has 2 N–H and O–H groups in total. The third-order valence-corrected chi connectivity index (χ3v) is 4.80. The van der Waals surface area contributed by atoms with Gasteiger partial charge in [0, 0.05) is 6.54 Å². The van der Waals surface area contributed by atoms with Crippen LogP contribution in [0.4, 0.5) is 0 Å². The normalized spacial score (nSPS) is 26.1. The Morgan fingerprint density at radius 2 is 2.45 bits per heavy atom. The van der Waals surface area contributed by atoms with Crippen molar-refractivity contribution < 1.29 is 9.90 Å². The van der Waals surface area contributed by atoms with Gasteiger partial charge in [-0.15, -0.1) is 0 Å². The van der Waals surface area contributed by atoms with Crippen LogP contribution in [-0.4, -0.2) is 32.9 Å². The highest BCUT2D eigenvalue weighted by Gasteiger charge is 2.48. The van der Waals surface area contributed by atoms with E-state index in [-0.39, 0.29) is 5.92 Å².